The van der Waals surface area contributed by atoms with Gasteiger partial charge in [-0.2, -0.15) is 0 Å². The van der Waals surface area contributed by atoms with Crippen molar-refractivity contribution in [2.75, 3.05) is 4.90 Å². The Morgan fingerprint density at radius 3 is 1.98 bits per heavy atom. The van der Waals surface area contributed by atoms with Crippen LogP contribution in [0.25, 0.3) is 11.3 Å². The lowest BCUT2D eigenvalue weighted by molar-refractivity contribution is -0.0893. The van der Waals surface area contributed by atoms with E-state index in [-0.39, 0.29) is 0 Å². The summed E-state index contributed by atoms with van der Waals surface area (Å²) in [6, 6.07) is 38.8. The maximum absolute atomic E-state index is 10.7. The van der Waals surface area contributed by atoms with Gasteiger partial charge in [-0.15, -0.1) is 0 Å². The van der Waals surface area contributed by atoms with Gasteiger partial charge in [-0.05, 0) is 80.3 Å². The topological polar surface area (TPSA) is 45.6 Å². The lowest BCUT2D eigenvalue weighted by Gasteiger charge is -2.45. The molecule has 0 unspecified atom stereocenters. The maximum Gasteiger partial charge on any atom is 0.330 e. The number of hydrogen-bond acceptors (Lipinski definition) is 4. The van der Waals surface area contributed by atoms with Gasteiger partial charge in [0.05, 0.1) is 33.7 Å². The van der Waals surface area contributed by atoms with Crippen molar-refractivity contribution in [2.45, 2.75) is 44.3 Å². The molecule has 4 aromatic carbocycles. The van der Waals surface area contributed by atoms with Gasteiger partial charge in [0.15, 0.2) is 0 Å². The summed E-state index contributed by atoms with van der Waals surface area (Å²) in [6.45, 7) is 7.36. The summed E-state index contributed by atoms with van der Waals surface area (Å²) in [7, 11) is 1.78. The lowest BCUT2D eigenvalue weighted by atomic mass is 9.64. The Bertz CT molecular complexity index is 1730. The van der Waals surface area contributed by atoms with Gasteiger partial charge in [0.2, 0.25) is 0 Å². The van der Waals surface area contributed by atoms with Gasteiger partial charge in [-0.1, -0.05) is 84.3 Å². The highest BCUT2D eigenvalue weighted by atomic mass is 16.5. The molecule has 4 nitrogen and oxygen atoms in total. The molecule has 0 atom stereocenters. The van der Waals surface area contributed by atoms with Crippen LogP contribution in [-0.4, -0.2) is 28.8 Å². The molecule has 0 fully saturated rings. The quantitative estimate of drug-likeness (QED) is 0.240. The fraction of sp³-hybridized carbons (Fsp3) is 0.194. The molecule has 0 amide bonds. The van der Waals surface area contributed by atoms with Crippen molar-refractivity contribution in [3.05, 3.63) is 138 Å². The summed E-state index contributed by atoms with van der Waals surface area (Å²) in [6.07, 6.45) is 1.88. The summed E-state index contributed by atoms with van der Waals surface area (Å²) < 4.78 is 6.21. The van der Waals surface area contributed by atoms with Gasteiger partial charge in [0.25, 0.3) is 0 Å². The van der Waals surface area contributed by atoms with E-state index in [1.165, 1.54) is 22.3 Å². The van der Waals surface area contributed by atoms with Crippen LogP contribution in [0.5, 0.6) is 0 Å². The second kappa shape index (κ2) is 9.17. The number of aliphatic hydroxyl groups is 1. The molecule has 7 rings (SSSR count). The highest BCUT2D eigenvalue weighted by molar-refractivity contribution is 6.47. The highest BCUT2D eigenvalue weighted by Gasteiger charge is 2.52. The number of benzene rings is 4. The molecule has 1 radical (unpaired) electrons. The van der Waals surface area contributed by atoms with Crippen molar-refractivity contribution >= 4 is 30.0 Å². The molecular formula is C36H32BN2O2. The summed E-state index contributed by atoms with van der Waals surface area (Å²) in [4.78, 5) is 7.30. The number of hydrogen-bond donors (Lipinski definition) is 1. The normalized spacial score (nSPS) is 14.7. The van der Waals surface area contributed by atoms with Crippen molar-refractivity contribution < 1.29 is 9.76 Å². The van der Waals surface area contributed by atoms with Gasteiger partial charge in [-0.25, -0.2) is 0 Å². The Morgan fingerprint density at radius 2 is 1.32 bits per heavy atom. The van der Waals surface area contributed by atoms with E-state index in [9.17, 15) is 5.11 Å². The smallest absolute Gasteiger partial charge is 0.330 e. The van der Waals surface area contributed by atoms with Crippen LogP contribution in [0.1, 0.15) is 49.9 Å². The second-order valence-electron chi connectivity index (χ2n) is 12.0. The van der Waals surface area contributed by atoms with Gasteiger partial charge in [-0.3, -0.25) is 4.98 Å². The summed E-state index contributed by atoms with van der Waals surface area (Å²) in [5.41, 5.74) is 8.92. The summed E-state index contributed by atoms with van der Waals surface area (Å²) in [5, 5.41) is 10.7. The van der Waals surface area contributed by atoms with E-state index in [0.717, 1.165) is 33.8 Å². The Hall–Kier alpha value is -4.19. The molecule has 1 aliphatic heterocycles. The number of pyridine rings is 1. The van der Waals surface area contributed by atoms with E-state index in [0.29, 0.717) is 0 Å². The van der Waals surface area contributed by atoms with Crippen molar-refractivity contribution in [3.63, 3.8) is 0 Å². The standard InChI is InChI=1S/C36H32BN2O2/c1-34(2,40)35(3,4)41-37-24-20-21-26-30(23-24)36(29-17-12-22-38-33(26)29)27-15-8-10-18-31(27)39(25-13-6-5-7-14-25)32-19-11-9-16-28(32)36/h5-23,40H,1-4H3. The van der Waals surface area contributed by atoms with Crippen LogP contribution < -0.4 is 10.4 Å². The second-order valence-corrected chi connectivity index (χ2v) is 12.0. The van der Waals surface area contributed by atoms with E-state index in [2.05, 4.69) is 108 Å². The minimum Gasteiger partial charge on any atom is -0.427 e. The van der Waals surface area contributed by atoms with E-state index >= 15 is 0 Å². The van der Waals surface area contributed by atoms with Gasteiger partial charge < -0.3 is 14.7 Å². The van der Waals surface area contributed by atoms with Gasteiger partial charge in [0.1, 0.15) is 0 Å². The largest absolute Gasteiger partial charge is 0.427 e. The lowest BCUT2D eigenvalue weighted by Crippen LogP contribution is -2.49. The predicted octanol–water partition coefficient (Wildman–Crippen LogP) is 7.04. The third kappa shape index (κ3) is 3.73. The molecule has 1 aliphatic carbocycles. The Kier molecular flexibility index (Phi) is 5.76. The first kappa shape index (κ1) is 25.8. The molecule has 0 saturated carbocycles. The Labute approximate surface area is 242 Å². The third-order valence-electron chi connectivity index (χ3n) is 8.99. The molecular weight excluding hydrogens is 503 g/mol. The predicted molar refractivity (Wildman–Crippen MR) is 167 cm³/mol. The summed E-state index contributed by atoms with van der Waals surface area (Å²) >= 11 is 0. The Balaban J connectivity index is 1.49. The minimum absolute atomic E-state index is 0.562. The molecule has 1 spiro atoms. The molecule has 0 saturated heterocycles. The fourth-order valence-corrected chi connectivity index (χ4v) is 6.26. The number of anilines is 3. The van der Waals surface area contributed by atoms with Crippen LogP contribution in [0.4, 0.5) is 17.1 Å². The van der Waals surface area contributed by atoms with Crippen LogP contribution >= 0.6 is 0 Å². The molecule has 2 aliphatic rings. The average Bonchev–Trinajstić information content (AvgIpc) is 3.27. The Morgan fingerprint density at radius 1 is 0.707 bits per heavy atom. The van der Waals surface area contributed by atoms with Gasteiger partial charge in [0, 0.05) is 17.4 Å². The monoisotopic (exact) mass is 535 g/mol. The number of rotatable bonds is 5. The number of aromatic nitrogens is 1. The zero-order chi connectivity index (χ0) is 28.4. The molecule has 1 N–H and O–H groups in total. The molecule has 1 aromatic heterocycles. The molecule has 2 heterocycles. The van der Waals surface area contributed by atoms with Crippen LogP contribution in [-0.2, 0) is 10.1 Å². The first-order chi connectivity index (χ1) is 19.7. The van der Waals surface area contributed by atoms with Crippen molar-refractivity contribution in [1.29, 1.82) is 0 Å². The minimum atomic E-state index is -1.01. The van der Waals surface area contributed by atoms with Crippen molar-refractivity contribution in [1.82, 2.24) is 4.98 Å². The SMILES string of the molecule is CC(C)(O)C(C)(C)O[B]c1ccc2c(c1)C1(c3ccccc3N(c3ccccc3)c3ccccc31)c1cccnc1-2. The maximum atomic E-state index is 10.7. The molecule has 201 valence electrons. The number of para-hydroxylation sites is 3. The van der Waals surface area contributed by atoms with Crippen molar-refractivity contribution in [2.24, 2.45) is 0 Å². The molecule has 41 heavy (non-hydrogen) atoms. The van der Waals surface area contributed by atoms with Crippen LogP contribution in [0.15, 0.2) is 115 Å². The highest BCUT2D eigenvalue weighted by Crippen LogP contribution is 2.62. The average molecular weight is 535 g/mol. The van der Waals surface area contributed by atoms with E-state index in [1.807, 2.05) is 26.1 Å². The number of fused-ring (bicyclic) bond motifs is 9. The van der Waals surface area contributed by atoms with Gasteiger partial charge >= 0.3 is 7.48 Å². The summed E-state index contributed by atoms with van der Waals surface area (Å²) in [5.74, 6) is 0. The first-order valence-corrected chi connectivity index (χ1v) is 14.1. The van der Waals surface area contributed by atoms with Crippen LogP contribution in [0.2, 0.25) is 0 Å². The molecule has 5 heteroatoms. The van der Waals surface area contributed by atoms with E-state index in [1.54, 1.807) is 21.3 Å². The third-order valence-corrected chi connectivity index (χ3v) is 8.99. The fourth-order valence-electron chi connectivity index (χ4n) is 6.26. The molecule has 0 bridgehead atoms. The van der Waals surface area contributed by atoms with Crippen LogP contribution in [0, 0.1) is 0 Å². The zero-order valence-electron chi connectivity index (χ0n) is 23.8. The van der Waals surface area contributed by atoms with Crippen LogP contribution in [0.3, 0.4) is 0 Å². The van der Waals surface area contributed by atoms with E-state index < -0.39 is 16.6 Å². The zero-order valence-corrected chi connectivity index (χ0v) is 23.8. The van der Waals surface area contributed by atoms with E-state index in [4.69, 9.17) is 9.64 Å². The molecule has 5 aromatic rings. The number of nitrogens with zero attached hydrogens (tertiary/aromatic N) is 2. The van der Waals surface area contributed by atoms with Crippen molar-refractivity contribution in [3.8, 4) is 11.3 Å². The first-order valence-electron chi connectivity index (χ1n) is 14.1.